The predicted octanol–water partition coefficient (Wildman–Crippen LogP) is 5.57. The monoisotopic (exact) mass is 403 g/mol. The molecule has 1 aliphatic rings. The fourth-order valence-electron chi connectivity index (χ4n) is 2.86. The van der Waals surface area contributed by atoms with E-state index in [1.54, 1.807) is 6.08 Å². The number of cyclic esters (lactones) is 1. The Kier molecular flexibility index (Phi) is 5.45. The van der Waals surface area contributed by atoms with Gasteiger partial charge in [0.15, 0.2) is 5.70 Å². The van der Waals surface area contributed by atoms with Crippen LogP contribution in [0.2, 0.25) is 5.02 Å². The lowest BCUT2D eigenvalue weighted by atomic mass is 10.1. The Morgan fingerprint density at radius 1 is 1.03 bits per heavy atom. The fraction of sp³-hybridized carbons (Fsp3) is 0.0833. The maximum atomic E-state index is 12.2. The van der Waals surface area contributed by atoms with Gasteiger partial charge in [-0.15, -0.1) is 0 Å². The SMILES string of the molecule is Cc1ccc(C2=N/C(=C/c3cccc(OCc4ccccc4Cl)c3)C(=O)O2)cc1. The zero-order valence-electron chi connectivity index (χ0n) is 15.8. The fourth-order valence-corrected chi connectivity index (χ4v) is 3.05. The Hall–Kier alpha value is -3.37. The van der Waals surface area contributed by atoms with Gasteiger partial charge in [-0.05, 0) is 48.9 Å². The summed E-state index contributed by atoms with van der Waals surface area (Å²) in [6, 6.07) is 22.7. The van der Waals surface area contributed by atoms with Crippen molar-refractivity contribution in [3.8, 4) is 5.75 Å². The van der Waals surface area contributed by atoms with Crippen molar-refractivity contribution in [2.45, 2.75) is 13.5 Å². The second-order valence-corrected chi connectivity index (χ2v) is 7.06. The first-order valence-corrected chi connectivity index (χ1v) is 9.52. The average molecular weight is 404 g/mol. The van der Waals surface area contributed by atoms with Gasteiger partial charge >= 0.3 is 5.97 Å². The van der Waals surface area contributed by atoms with Gasteiger partial charge in [-0.3, -0.25) is 0 Å². The third-order valence-corrected chi connectivity index (χ3v) is 4.80. The van der Waals surface area contributed by atoms with Crippen molar-refractivity contribution in [3.05, 3.63) is 106 Å². The molecule has 0 unspecified atom stereocenters. The van der Waals surface area contributed by atoms with Gasteiger partial charge in [0, 0.05) is 16.1 Å². The summed E-state index contributed by atoms with van der Waals surface area (Å²) in [7, 11) is 0. The molecule has 1 heterocycles. The lowest BCUT2D eigenvalue weighted by Crippen LogP contribution is -2.05. The summed E-state index contributed by atoms with van der Waals surface area (Å²) in [5.41, 5.74) is 3.85. The van der Waals surface area contributed by atoms with E-state index in [0.717, 1.165) is 22.3 Å². The largest absolute Gasteiger partial charge is 0.489 e. The number of aliphatic imine (C=N–C) groups is 1. The summed E-state index contributed by atoms with van der Waals surface area (Å²) in [4.78, 5) is 16.6. The summed E-state index contributed by atoms with van der Waals surface area (Å²) < 4.78 is 11.2. The van der Waals surface area contributed by atoms with Crippen LogP contribution in [0.25, 0.3) is 6.08 Å². The van der Waals surface area contributed by atoms with Crippen LogP contribution < -0.4 is 4.74 Å². The maximum absolute atomic E-state index is 12.2. The second kappa shape index (κ2) is 8.33. The molecular weight excluding hydrogens is 386 g/mol. The van der Waals surface area contributed by atoms with Crippen LogP contribution in [0.4, 0.5) is 0 Å². The van der Waals surface area contributed by atoms with E-state index in [1.807, 2.05) is 79.7 Å². The minimum atomic E-state index is -0.469. The van der Waals surface area contributed by atoms with E-state index in [1.165, 1.54) is 0 Å². The number of aryl methyl sites for hydroxylation is 1. The van der Waals surface area contributed by atoms with E-state index in [4.69, 9.17) is 21.1 Å². The molecule has 3 aromatic rings. The molecule has 0 saturated heterocycles. The quantitative estimate of drug-likeness (QED) is 0.413. The summed E-state index contributed by atoms with van der Waals surface area (Å²) in [5.74, 6) is 0.517. The van der Waals surface area contributed by atoms with E-state index in [-0.39, 0.29) is 5.70 Å². The molecule has 4 nitrogen and oxygen atoms in total. The van der Waals surface area contributed by atoms with Crippen molar-refractivity contribution in [1.29, 1.82) is 0 Å². The zero-order valence-corrected chi connectivity index (χ0v) is 16.5. The van der Waals surface area contributed by atoms with Crippen molar-refractivity contribution >= 4 is 29.5 Å². The van der Waals surface area contributed by atoms with E-state index in [9.17, 15) is 4.79 Å². The molecule has 0 fully saturated rings. The molecule has 0 bridgehead atoms. The van der Waals surface area contributed by atoms with Crippen molar-refractivity contribution in [1.82, 2.24) is 0 Å². The van der Waals surface area contributed by atoms with Crippen LogP contribution >= 0.6 is 11.6 Å². The maximum Gasteiger partial charge on any atom is 0.363 e. The highest BCUT2D eigenvalue weighted by Gasteiger charge is 2.24. The van der Waals surface area contributed by atoms with E-state index >= 15 is 0 Å². The lowest BCUT2D eigenvalue weighted by molar-refractivity contribution is -0.129. The van der Waals surface area contributed by atoms with Crippen LogP contribution in [-0.2, 0) is 16.1 Å². The van der Waals surface area contributed by atoms with Crippen molar-refractivity contribution in [2.24, 2.45) is 4.99 Å². The number of carbonyl (C=O) groups excluding carboxylic acids is 1. The van der Waals surface area contributed by atoms with Crippen LogP contribution in [0, 0.1) is 6.92 Å². The lowest BCUT2D eigenvalue weighted by Gasteiger charge is -2.08. The molecule has 1 aliphatic heterocycles. The molecule has 3 aromatic carbocycles. The number of hydrogen-bond donors (Lipinski definition) is 0. The van der Waals surface area contributed by atoms with Gasteiger partial charge in [-0.1, -0.05) is 59.6 Å². The molecule has 0 amide bonds. The Balaban J connectivity index is 1.52. The van der Waals surface area contributed by atoms with Gasteiger partial charge in [-0.2, -0.15) is 0 Å². The van der Waals surface area contributed by atoms with Gasteiger partial charge in [-0.25, -0.2) is 9.79 Å². The Labute approximate surface area is 174 Å². The van der Waals surface area contributed by atoms with Crippen LogP contribution in [0.3, 0.4) is 0 Å². The molecule has 0 atom stereocenters. The van der Waals surface area contributed by atoms with Gasteiger partial charge < -0.3 is 9.47 Å². The van der Waals surface area contributed by atoms with Gasteiger partial charge in [0.05, 0.1) is 0 Å². The Morgan fingerprint density at radius 3 is 2.62 bits per heavy atom. The van der Waals surface area contributed by atoms with Gasteiger partial charge in [0.1, 0.15) is 12.4 Å². The van der Waals surface area contributed by atoms with E-state index in [0.29, 0.717) is 23.3 Å². The standard InChI is InChI=1S/C24H18ClNO3/c1-16-9-11-18(12-10-16)23-26-22(24(27)29-23)14-17-5-4-7-20(13-17)28-15-19-6-2-3-8-21(19)25/h2-14H,15H2,1H3/b22-14+. The number of nitrogens with zero attached hydrogens (tertiary/aromatic N) is 1. The minimum absolute atomic E-state index is 0.254. The van der Waals surface area contributed by atoms with E-state index < -0.39 is 5.97 Å². The molecule has 0 radical (unpaired) electrons. The van der Waals surface area contributed by atoms with Crippen molar-refractivity contribution in [2.75, 3.05) is 0 Å². The number of hydrogen-bond acceptors (Lipinski definition) is 4. The summed E-state index contributed by atoms with van der Waals surface area (Å²) in [5, 5.41) is 0.664. The summed E-state index contributed by atoms with van der Waals surface area (Å²) in [6.07, 6.45) is 1.69. The summed E-state index contributed by atoms with van der Waals surface area (Å²) in [6.45, 7) is 2.36. The number of rotatable bonds is 5. The molecule has 5 heteroatoms. The zero-order chi connectivity index (χ0) is 20.2. The molecular formula is C24H18ClNO3. The first kappa shape index (κ1) is 19.0. The number of halogens is 1. The van der Waals surface area contributed by atoms with Crippen molar-refractivity contribution < 1.29 is 14.3 Å². The highest BCUT2D eigenvalue weighted by atomic mass is 35.5. The van der Waals surface area contributed by atoms with Gasteiger partial charge in [0.2, 0.25) is 5.90 Å². The number of esters is 1. The molecule has 0 aromatic heterocycles. The third kappa shape index (κ3) is 4.55. The van der Waals surface area contributed by atoms with Crippen LogP contribution in [-0.4, -0.2) is 11.9 Å². The average Bonchev–Trinajstić information content (AvgIpc) is 3.08. The number of ether oxygens (including phenoxy) is 2. The van der Waals surface area contributed by atoms with Crippen LogP contribution in [0.1, 0.15) is 22.3 Å². The Morgan fingerprint density at radius 2 is 1.83 bits per heavy atom. The minimum Gasteiger partial charge on any atom is -0.489 e. The van der Waals surface area contributed by atoms with Gasteiger partial charge in [0.25, 0.3) is 0 Å². The predicted molar refractivity (Wildman–Crippen MR) is 114 cm³/mol. The highest BCUT2D eigenvalue weighted by Crippen LogP contribution is 2.23. The topological polar surface area (TPSA) is 47.9 Å². The molecule has 0 N–H and O–H groups in total. The molecule has 4 rings (SSSR count). The van der Waals surface area contributed by atoms with E-state index in [2.05, 4.69) is 4.99 Å². The van der Waals surface area contributed by atoms with Crippen LogP contribution in [0.15, 0.2) is 83.5 Å². The molecule has 0 spiro atoms. The number of benzene rings is 3. The summed E-state index contributed by atoms with van der Waals surface area (Å²) >= 11 is 6.17. The molecule has 0 saturated carbocycles. The Bertz CT molecular complexity index is 1120. The molecule has 29 heavy (non-hydrogen) atoms. The van der Waals surface area contributed by atoms with Crippen LogP contribution in [0.5, 0.6) is 5.75 Å². The normalized spacial score (nSPS) is 14.6. The molecule has 0 aliphatic carbocycles. The van der Waals surface area contributed by atoms with Crippen molar-refractivity contribution in [3.63, 3.8) is 0 Å². The molecule has 144 valence electrons. The highest BCUT2D eigenvalue weighted by molar-refractivity contribution is 6.31. The smallest absolute Gasteiger partial charge is 0.363 e. The first-order chi connectivity index (χ1) is 14.1. The first-order valence-electron chi connectivity index (χ1n) is 9.14. The second-order valence-electron chi connectivity index (χ2n) is 6.65. The number of carbonyl (C=O) groups is 1. The third-order valence-electron chi connectivity index (χ3n) is 4.43.